The molecule has 2 N–H and O–H groups in total. The number of nitrogens with one attached hydrogen (secondary N) is 2. The maximum atomic E-state index is 12.1. The molecule has 22 heavy (non-hydrogen) atoms. The van der Waals surface area contributed by atoms with E-state index in [1.54, 1.807) is 12.3 Å². The van der Waals surface area contributed by atoms with Crippen molar-refractivity contribution >= 4 is 17.3 Å². The fourth-order valence-corrected chi connectivity index (χ4v) is 2.14. The summed E-state index contributed by atoms with van der Waals surface area (Å²) < 4.78 is 0. The van der Waals surface area contributed by atoms with Gasteiger partial charge in [-0.2, -0.15) is 0 Å². The highest BCUT2D eigenvalue weighted by Gasteiger charge is 2.10. The summed E-state index contributed by atoms with van der Waals surface area (Å²) in [6.45, 7) is 8.15. The molecule has 0 aliphatic heterocycles. The molecule has 1 heterocycles. The van der Waals surface area contributed by atoms with Crippen LogP contribution < -0.4 is 10.6 Å². The van der Waals surface area contributed by atoms with E-state index in [2.05, 4.69) is 41.6 Å². The smallest absolute Gasteiger partial charge is 0.270 e. The molecule has 1 atom stereocenters. The lowest BCUT2D eigenvalue weighted by molar-refractivity contribution is 0.0934. The number of nitrogens with zero attached hydrogens (tertiary/aromatic N) is 1. The van der Waals surface area contributed by atoms with Gasteiger partial charge in [-0.15, -0.1) is 0 Å². The Morgan fingerprint density at radius 3 is 2.68 bits per heavy atom. The lowest BCUT2D eigenvalue weighted by atomic mass is 10.1. The highest BCUT2D eigenvalue weighted by molar-refractivity contribution is 5.93. The molecule has 0 aliphatic rings. The van der Waals surface area contributed by atoms with Crippen LogP contribution in [0.25, 0.3) is 0 Å². The number of aryl methyl sites for hydroxylation is 2. The van der Waals surface area contributed by atoms with Gasteiger partial charge in [-0.25, -0.2) is 0 Å². The summed E-state index contributed by atoms with van der Waals surface area (Å²) in [6.07, 6.45) is 2.55. The molecule has 1 amide bonds. The second-order valence-corrected chi connectivity index (χ2v) is 5.66. The lowest BCUT2D eigenvalue weighted by Crippen LogP contribution is -2.32. The SMILES string of the molecule is CCC(C)NC(=O)c1cc(Nc2ccc(C)cc2C)ccn1. The van der Waals surface area contributed by atoms with Crippen molar-refractivity contribution in [3.63, 3.8) is 0 Å². The summed E-state index contributed by atoms with van der Waals surface area (Å²) in [4.78, 5) is 16.3. The quantitative estimate of drug-likeness (QED) is 0.878. The molecule has 0 spiro atoms. The van der Waals surface area contributed by atoms with Crippen LogP contribution in [0.5, 0.6) is 0 Å². The van der Waals surface area contributed by atoms with E-state index >= 15 is 0 Å². The molecule has 0 saturated heterocycles. The minimum atomic E-state index is -0.140. The molecule has 0 bridgehead atoms. The number of benzene rings is 1. The van der Waals surface area contributed by atoms with Gasteiger partial charge in [-0.3, -0.25) is 9.78 Å². The van der Waals surface area contributed by atoms with Gasteiger partial charge in [0.05, 0.1) is 0 Å². The van der Waals surface area contributed by atoms with Gasteiger partial charge in [-0.05, 0) is 51.0 Å². The summed E-state index contributed by atoms with van der Waals surface area (Å²) in [6, 6.07) is 10.0. The van der Waals surface area contributed by atoms with Crippen molar-refractivity contribution in [2.24, 2.45) is 0 Å². The monoisotopic (exact) mass is 297 g/mol. The molecule has 2 rings (SSSR count). The first-order valence-electron chi connectivity index (χ1n) is 7.60. The number of hydrogen-bond acceptors (Lipinski definition) is 3. The second kappa shape index (κ2) is 7.07. The summed E-state index contributed by atoms with van der Waals surface area (Å²) in [5.41, 5.74) is 4.71. The van der Waals surface area contributed by atoms with E-state index in [-0.39, 0.29) is 11.9 Å². The van der Waals surface area contributed by atoms with Crippen LogP contribution in [0, 0.1) is 13.8 Å². The maximum absolute atomic E-state index is 12.1. The Kier molecular flexibility index (Phi) is 5.15. The van der Waals surface area contributed by atoms with Gasteiger partial charge in [0.1, 0.15) is 5.69 Å². The first kappa shape index (κ1) is 16.0. The van der Waals surface area contributed by atoms with E-state index in [0.717, 1.165) is 17.8 Å². The van der Waals surface area contributed by atoms with E-state index in [1.807, 2.05) is 26.0 Å². The zero-order valence-corrected chi connectivity index (χ0v) is 13.6. The van der Waals surface area contributed by atoms with E-state index in [0.29, 0.717) is 5.69 Å². The van der Waals surface area contributed by atoms with Crippen molar-refractivity contribution in [2.75, 3.05) is 5.32 Å². The summed E-state index contributed by atoms with van der Waals surface area (Å²) >= 11 is 0. The van der Waals surface area contributed by atoms with Crippen LogP contribution in [0.3, 0.4) is 0 Å². The van der Waals surface area contributed by atoms with Gasteiger partial charge in [0.15, 0.2) is 0 Å². The van der Waals surface area contributed by atoms with Crippen molar-refractivity contribution in [2.45, 2.75) is 40.2 Å². The lowest BCUT2D eigenvalue weighted by Gasteiger charge is -2.13. The van der Waals surface area contributed by atoms with Crippen LogP contribution in [-0.2, 0) is 0 Å². The molecule has 0 fully saturated rings. The molecule has 0 radical (unpaired) electrons. The van der Waals surface area contributed by atoms with Gasteiger partial charge >= 0.3 is 0 Å². The Labute approximate surface area is 132 Å². The van der Waals surface area contributed by atoms with Gasteiger partial charge in [0.2, 0.25) is 0 Å². The number of aromatic nitrogens is 1. The molecule has 1 aromatic heterocycles. The minimum Gasteiger partial charge on any atom is -0.355 e. The third-order valence-corrected chi connectivity index (χ3v) is 3.64. The number of hydrogen-bond donors (Lipinski definition) is 2. The van der Waals surface area contributed by atoms with Gasteiger partial charge < -0.3 is 10.6 Å². The number of carbonyl (C=O) groups excluding carboxylic acids is 1. The van der Waals surface area contributed by atoms with E-state index in [4.69, 9.17) is 0 Å². The molecule has 1 aromatic carbocycles. The number of rotatable bonds is 5. The first-order valence-corrected chi connectivity index (χ1v) is 7.60. The largest absolute Gasteiger partial charge is 0.355 e. The van der Waals surface area contributed by atoms with Crippen LogP contribution in [0.2, 0.25) is 0 Å². The fourth-order valence-electron chi connectivity index (χ4n) is 2.14. The minimum absolute atomic E-state index is 0.140. The van der Waals surface area contributed by atoms with Crippen molar-refractivity contribution in [3.05, 3.63) is 53.3 Å². The average molecular weight is 297 g/mol. The summed E-state index contributed by atoms with van der Waals surface area (Å²) in [7, 11) is 0. The standard InChI is InChI=1S/C18H23N3O/c1-5-14(4)20-18(22)17-11-15(8-9-19-17)21-16-7-6-12(2)10-13(16)3/h6-11,14H,5H2,1-4H3,(H,19,21)(H,20,22). The first-order chi connectivity index (χ1) is 10.5. The number of carbonyl (C=O) groups is 1. The van der Waals surface area contributed by atoms with E-state index < -0.39 is 0 Å². The third-order valence-electron chi connectivity index (χ3n) is 3.64. The molecule has 4 heteroatoms. The van der Waals surface area contributed by atoms with Crippen molar-refractivity contribution < 1.29 is 4.79 Å². The van der Waals surface area contributed by atoms with Crippen molar-refractivity contribution in [3.8, 4) is 0 Å². The van der Waals surface area contributed by atoms with Crippen LogP contribution in [-0.4, -0.2) is 16.9 Å². The molecule has 116 valence electrons. The highest BCUT2D eigenvalue weighted by Crippen LogP contribution is 2.21. The number of amides is 1. The van der Waals surface area contributed by atoms with E-state index in [9.17, 15) is 4.79 Å². The van der Waals surface area contributed by atoms with Gasteiger partial charge in [0, 0.05) is 23.6 Å². The molecular weight excluding hydrogens is 274 g/mol. The Bertz CT molecular complexity index is 667. The van der Waals surface area contributed by atoms with Crippen LogP contribution in [0.4, 0.5) is 11.4 Å². The Hall–Kier alpha value is -2.36. The third kappa shape index (κ3) is 4.07. The zero-order valence-electron chi connectivity index (χ0n) is 13.6. The summed E-state index contributed by atoms with van der Waals surface area (Å²) in [5, 5.41) is 6.27. The van der Waals surface area contributed by atoms with E-state index in [1.165, 1.54) is 11.1 Å². The molecule has 0 aliphatic carbocycles. The fraction of sp³-hybridized carbons (Fsp3) is 0.333. The summed E-state index contributed by atoms with van der Waals surface area (Å²) in [5.74, 6) is -0.140. The molecule has 0 saturated carbocycles. The maximum Gasteiger partial charge on any atom is 0.270 e. The van der Waals surface area contributed by atoms with Crippen molar-refractivity contribution in [1.82, 2.24) is 10.3 Å². The predicted octanol–water partition coefficient (Wildman–Crippen LogP) is 3.97. The second-order valence-electron chi connectivity index (χ2n) is 5.66. The van der Waals surface area contributed by atoms with Gasteiger partial charge in [-0.1, -0.05) is 24.6 Å². The molecule has 1 unspecified atom stereocenters. The number of anilines is 2. The van der Waals surface area contributed by atoms with Crippen molar-refractivity contribution in [1.29, 1.82) is 0 Å². The normalized spacial score (nSPS) is 11.8. The molecule has 4 nitrogen and oxygen atoms in total. The molecule has 2 aromatic rings. The Morgan fingerprint density at radius 1 is 1.23 bits per heavy atom. The topological polar surface area (TPSA) is 54.0 Å². The zero-order chi connectivity index (χ0) is 16.1. The van der Waals surface area contributed by atoms with Crippen LogP contribution >= 0.6 is 0 Å². The highest BCUT2D eigenvalue weighted by atomic mass is 16.1. The van der Waals surface area contributed by atoms with Crippen LogP contribution in [0.1, 0.15) is 41.9 Å². The molecular formula is C18H23N3O. The number of pyridine rings is 1. The Balaban J connectivity index is 2.16. The van der Waals surface area contributed by atoms with Crippen LogP contribution in [0.15, 0.2) is 36.5 Å². The average Bonchev–Trinajstić information content (AvgIpc) is 2.50. The predicted molar refractivity (Wildman–Crippen MR) is 90.7 cm³/mol. The van der Waals surface area contributed by atoms with Gasteiger partial charge in [0.25, 0.3) is 5.91 Å². The Morgan fingerprint density at radius 2 is 2.00 bits per heavy atom.